The highest BCUT2D eigenvalue weighted by Crippen LogP contribution is 2.29. The van der Waals surface area contributed by atoms with E-state index < -0.39 is 16.5 Å². The fourth-order valence-corrected chi connectivity index (χ4v) is 3.48. The molecule has 2 heterocycles. The Morgan fingerprint density at radius 3 is 2.85 bits per heavy atom. The average molecular weight is 382 g/mol. The first-order valence-corrected chi connectivity index (χ1v) is 8.52. The van der Waals surface area contributed by atoms with Crippen molar-refractivity contribution >= 4 is 44.0 Å². The Kier molecular flexibility index (Phi) is 4.09. The molecule has 0 N–H and O–H groups in total. The van der Waals surface area contributed by atoms with Gasteiger partial charge in [0.05, 0.1) is 10.3 Å². The molecule has 4 rings (SSSR count). The lowest BCUT2D eigenvalue weighted by molar-refractivity contribution is -0.384. The molecule has 0 amide bonds. The lowest BCUT2D eigenvalue weighted by Crippen LogP contribution is -2.26. The van der Waals surface area contributed by atoms with Crippen molar-refractivity contribution < 1.29 is 14.5 Å². The van der Waals surface area contributed by atoms with Crippen molar-refractivity contribution in [3.63, 3.8) is 0 Å². The van der Waals surface area contributed by atoms with E-state index in [0.717, 1.165) is 20.7 Å². The number of ether oxygens (including phenoxy) is 1. The maximum Gasteiger partial charge on any atom is 0.350 e. The smallest absolute Gasteiger partial charge is 0.350 e. The number of fused-ring (bicyclic) bond motifs is 2. The number of nitro groups is 1. The van der Waals surface area contributed by atoms with E-state index in [4.69, 9.17) is 4.74 Å². The van der Waals surface area contributed by atoms with E-state index in [0.29, 0.717) is 16.3 Å². The molecule has 0 atom stereocenters. The van der Waals surface area contributed by atoms with Gasteiger partial charge in [-0.2, -0.15) is 4.68 Å². The van der Waals surface area contributed by atoms with Crippen LogP contribution in [0.2, 0.25) is 0 Å². The van der Waals surface area contributed by atoms with Crippen LogP contribution >= 0.6 is 11.3 Å². The molecule has 27 heavy (non-hydrogen) atoms. The van der Waals surface area contributed by atoms with Crippen LogP contribution < -0.4 is 5.56 Å². The van der Waals surface area contributed by atoms with Gasteiger partial charge in [-0.25, -0.2) is 4.79 Å². The van der Waals surface area contributed by atoms with Gasteiger partial charge < -0.3 is 4.74 Å². The van der Waals surface area contributed by atoms with Crippen molar-refractivity contribution in [3.05, 3.63) is 73.9 Å². The van der Waals surface area contributed by atoms with Crippen LogP contribution in [0.1, 0.15) is 9.67 Å². The number of aromatic nitrogens is 3. The second kappa shape index (κ2) is 6.57. The lowest BCUT2D eigenvalue weighted by Gasteiger charge is -2.05. The molecule has 0 radical (unpaired) electrons. The molecule has 0 aliphatic rings. The second-order valence-electron chi connectivity index (χ2n) is 5.56. The summed E-state index contributed by atoms with van der Waals surface area (Å²) in [5.74, 6) is -0.652. The van der Waals surface area contributed by atoms with Crippen molar-refractivity contribution in [3.8, 4) is 0 Å². The van der Waals surface area contributed by atoms with Crippen LogP contribution in [0.4, 0.5) is 5.69 Å². The maximum absolute atomic E-state index is 12.3. The van der Waals surface area contributed by atoms with Crippen molar-refractivity contribution in [2.24, 2.45) is 0 Å². The summed E-state index contributed by atoms with van der Waals surface area (Å²) in [4.78, 5) is 35.2. The molecule has 0 aliphatic heterocycles. The van der Waals surface area contributed by atoms with E-state index in [-0.39, 0.29) is 17.3 Å². The number of carbonyl (C=O) groups excluding carboxylic acids is 1. The van der Waals surface area contributed by atoms with Gasteiger partial charge in [-0.3, -0.25) is 14.9 Å². The number of nitro benzene ring substituents is 1. The number of esters is 1. The minimum atomic E-state index is -0.652. The Balaban J connectivity index is 1.56. The van der Waals surface area contributed by atoms with Gasteiger partial charge >= 0.3 is 5.97 Å². The minimum Gasteiger partial charge on any atom is -0.438 e. The summed E-state index contributed by atoms with van der Waals surface area (Å²) in [6.45, 7) is -0.385. The Morgan fingerprint density at radius 1 is 1.22 bits per heavy atom. The Hall–Kier alpha value is -3.66. The number of thiophene rings is 1. The van der Waals surface area contributed by atoms with Crippen molar-refractivity contribution in [2.45, 2.75) is 6.73 Å². The number of nitrogens with zero attached hydrogens (tertiary/aromatic N) is 4. The van der Waals surface area contributed by atoms with Gasteiger partial charge in [-0.1, -0.05) is 17.3 Å². The van der Waals surface area contributed by atoms with Gasteiger partial charge in [0.2, 0.25) is 0 Å². The molecule has 2 aromatic carbocycles. The predicted molar refractivity (Wildman–Crippen MR) is 97.7 cm³/mol. The van der Waals surface area contributed by atoms with E-state index in [2.05, 4.69) is 10.3 Å². The maximum atomic E-state index is 12.3. The summed E-state index contributed by atoms with van der Waals surface area (Å²) in [5, 5.41) is 19.5. The molecule has 9 nitrogen and oxygen atoms in total. The topological polar surface area (TPSA) is 117 Å². The van der Waals surface area contributed by atoms with E-state index in [1.807, 2.05) is 0 Å². The van der Waals surface area contributed by atoms with Crippen molar-refractivity contribution in [2.75, 3.05) is 0 Å². The first-order chi connectivity index (χ1) is 13.0. The molecule has 0 bridgehead atoms. The predicted octanol–water partition coefficient (Wildman–Crippen LogP) is 2.73. The summed E-state index contributed by atoms with van der Waals surface area (Å²) in [6.07, 6.45) is 0. The average Bonchev–Trinajstić information content (AvgIpc) is 3.11. The van der Waals surface area contributed by atoms with E-state index in [1.165, 1.54) is 18.2 Å². The first-order valence-electron chi connectivity index (χ1n) is 7.70. The highest BCUT2D eigenvalue weighted by atomic mass is 32.1. The fourth-order valence-electron chi connectivity index (χ4n) is 2.54. The molecule has 4 aromatic rings. The molecule has 0 unspecified atom stereocenters. The van der Waals surface area contributed by atoms with E-state index in [1.54, 1.807) is 30.3 Å². The monoisotopic (exact) mass is 382 g/mol. The van der Waals surface area contributed by atoms with Crippen LogP contribution in [0.3, 0.4) is 0 Å². The van der Waals surface area contributed by atoms with Gasteiger partial charge in [-0.15, -0.1) is 16.4 Å². The Bertz CT molecular complexity index is 1260. The standard InChI is InChI=1S/C17H10N4O5S/c22-16-12-3-1-2-4-13(12)18-19-20(16)9-26-17(23)15-8-10-7-11(21(24)25)5-6-14(10)27-15/h1-8H,9H2. The molecule has 10 heteroatoms. The number of rotatable bonds is 4. The number of carbonyl (C=O) groups is 1. The van der Waals surface area contributed by atoms with Crippen LogP contribution in [0.15, 0.2) is 53.3 Å². The molecular weight excluding hydrogens is 372 g/mol. The fraction of sp³-hybridized carbons (Fsp3) is 0.0588. The molecule has 0 aliphatic carbocycles. The van der Waals surface area contributed by atoms with Gasteiger partial charge in [-0.05, 0) is 24.3 Å². The third kappa shape index (κ3) is 3.13. The molecule has 0 saturated carbocycles. The number of hydrogen-bond acceptors (Lipinski definition) is 8. The van der Waals surface area contributed by atoms with Gasteiger partial charge in [0.1, 0.15) is 10.4 Å². The molecule has 0 saturated heterocycles. The highest BCUT2D eigenvalue weighted by molar-refractivity contribution is 7.20. The summed E-state index contributed by atoms with van der Waals surface area (Å²) in [6, 6.07) is 12.6. The van der Waals surface area contributed by atoms with E-state index >= 15 is 0 Å². The second-order valence-corrected chi connectivity index (χ2v) is 6.65. The lowest BCUT2D eigenvalue weighted by atomic mass is 10.2. The minimum absolute atomic E-state index is 0.0572. The zero-order chi connectivity index (χ0) is 19.0. The summed E-state index contributed by atoms with van der Waals surface area (Å²) >= 11 is 1.15. The quantitative estimate of drug-likeness (QED) is 0.302. The van der Waals surface area contributed by atoms with Crippen molar-refractivity contribution in [1.82, 2.24) is 15.0 Å². The third-order valence-corrected chi connectivity index (χ3v) is 4.96. The molecule has 0 fully saturated rings. The first kappa shape index (κ1) is 16.8. The largest absolute Gasteiger partial charge is 0.438 e. The third-order valence-electron chi connectivity index (χ3n) is 3.86. The Morgan fingerprint density at radius 2 is 2.04 bits per heavy atom. The van der Waals surface area contributed by atoms with Crippen molar-refractivity contribution in [1.29, 1.82) is 0 Å². The van der Waals surface area contributed by atoms with Crippen LogP contribution in [-0.4, -0.2) is 25.9 Å². The van der Waals surface area contributed by atoms with Gasteiger partial charge in [0.15, 0.2) is 6.73 Å². The molecule has 134 valence electrons. The number of benzene rings is 2. The zero-order valence-corrected chi connectivity index (χ0v) is 14.4. The molecule has 0 spiro atoms. The summed E-state index contributed by atoms with van der Waals surface area (Å²) in [5.41, 5.74) is -0.0187. The SMILES string of the molecule is O=C(OCn1nnc2ccccc2c1=O)c1cc2cc([N+](=O)[O-])ccc2s1. The summed E-state index contributed by atoms with van der Waals surface area (Å²) in [7, 11) is 0. The molecule has 2 aromatic heterocycles. The normalized spacial score (nSPS) is 11.0. The number of non-ortho nitro benzene ring substituents is 1. The van der Waals surface area contributed by atoms with Crippen LogP contribution in [0.25, 0.3) is 21.0 Å². The van der Waals surface area contributed by atoms with Crippen LogP contribution in [0.5, 0.6) is 0 Å². The van der Waals surface area contributed by atoms with Crippen LogP contribution in [-0.2, 0) is 11.5 Å². The van der Waals surface area contributed by atoms with E-state index in [9.17, 15) is 19.7 Å². The van der Waals surface area contributed by atoms with Gasteiger partial charge in [0.25, 0.3) is 11.2 Å². The number of hydrogen-bond donors (Lipinski definition) is 0. The molecular formula is C17H10N4O5S. The summed E-state index contributed by atoms with van der Waals surface area (Å²) < 4.78 is 6.82. The van der Waals surface area contributed by atoms with Crippen LogP contribution in [0, 0.1) is 10.1 Å². The highest BCUT2D eigenvalue weighted by Gasteiger charge is 2.15. The Labute approximate surface area is 154 Å². The van der Waals surface area contributed by atoms with Gasteiger partial charge in [0, 0.05) is 22.2 Å². The zero-order valence-electron chi connectivity index (χ0n) is 13.6.